The Balaban J connectivity index is 1.63. The molecule has 0 fully saturated rings. The number of ketones is 1. The third-order valence-corrected chi connectivity index (χ3v) is 8.03. The van der Waals surface area contributed by atoms with Crippen molar-refractivity contribution in [2.45, 2.75) is 39.3 Å². The first kappa shape index (κ1) is 29.1. The van der Waals surface area contributed by atoms with Crippen LogP contribution in [0, 0.1) is 20.8 Å². The van der Waals surface area contributed by atoms with Gasteiger partial charge in [0.2, 0.25) is 0 Å². The summed E-state index contributed by atoms with van der Waals surface area (Å²) in [6, 6.07) is 19.3. The summed E-state index contributed by atoms with van der Waals surface area (Å²) in [4.78, 5) is 31.1. The molecule has 0 aliphatic heterocycles. The second-order valence-electron chi connectivity index (χ2n) is 9.94. The Morgan fingerprint density at radius 3 is 2.50 bits per heavy atom. The molecule has 0 amide bonds. The summed E-state index contributed by atoms with van der Waals surface area (Å²) in [7, 11) is 1.25. The van der Waals surface area contributed by atoms with Crippen LogP contribution in [0.5, 0.6) is 0 Å². The van der Waals surface area contributed by atoms with E-state index in [1.807, 2.05) is 65.8 Å². The number of nitrogens with two attached hydrogens (primary N) is 1. The highest BCUT2D eigenvalue weighted by Gasteiger charge is 2.44. The van der Waals surface area contributed by atoms with Crippen molar-refractivity contribution in [1.29, 1.82) is 0 Å². The van der Waals surface area contributed by atoms with E-state index < -0.39 is 17.3 Å². The van der Waals surface area contributed by atoms with Crippen LogP contribution in [-0.4, -0.2) is 46.0 Å². The van der Waals surface area contributed by atoms with Crippen LogP contribution in [0.1, 0.15) is 39.2 Å². The number of carbonyl (C=O) groups excluding carboxylic acids is 2. The molecule has 0 spiro atoms. The van der Waals surface area contributed by atoms with E-state index in [-0.39, 0.29) is 6.42 Å². The van der Waals surface area contributed by atoms with Crippen molar-refractivity contribution in [3.05, 3.63) is 101 Å². The highest BCUT2D eigenvalue weighted by molar-refractivity contribution is 7.98. The molecule has 8 heteroatoms. The van der Waals surface area contributed by atoms with E-state index in [2.05, 4.69) is 43.2 Å². The van der Waals surface area contributed by atoms with Crippen LogP contribution in [-0.2, 0) is 16.1 Å². The maximum Gasteiger partial charge on any atom is 0.334 e. The average Bonchev–Trinajstić information content (AvgIpc) is 3.45. The normalized spacial score (nSPS) is 12.6. The fourth-order valence-electron chi connectivity index (χ4n) is 4.70. The molecular weight excluding hydrogens is 520 g/mol. The van der Waals surface area contributed by atoms with Crippen molar-refractivity contribution < 1.29 is 14.3 Å². The number of aryl methyl sites for hydroxylation is 1. The SMILES string of the molecule is COC(=O)C(N)(CCSC)C(=O)c1ccc(NCc2cn(-c3ccc(C)c(C)c3C)cn2)cc1-c1ccccc1. The summed E-state index contributed by atoms with van der Waals surface area (Å²) in [5, 5.41) is 3.43. The molecule has 4 rings (SSSR count). The Bertz CT molecular complexity index is 1520. The van der Waals surface area contributed by atoms with Gasteiger partial charge in [0.1, 0.15) is 0 Å². The van der Waals surface area contributed by atoms with Gasteiger partial charge < -0.3 is 20.4 Å². The third-order valence-electron chi connectivity index (χ3n) is 7.42. The van der Waals surface area contributed by atoms with Gasteiger partial charge in [0, 0.05) is 23.1 Å². The van der Waals surface area contributed by atoms with Gasteiger partial charge in [0.15, 0.2) is 11.3 Å². The summed E-state index contributed by atoms with van der Waals surface area (Å²) in [6.07, 6.45) is 5.93. The first-order valence-electron chi connectivity index (χ1n) is 13.1. The molecule has 1 aromatic heterocycles. The number of Topliss-reactive ketones (excluding diaryl/α,β-unsaturated/α-hetero) is 1. The second kappa shape index (κ2) is 12.5. The molecule has 0 aliphatic carbocycles. The van der Waals surface area contributed by atoms with Crippen molar-refractivity contribution in [2.24, 2.45) is 5.73 Å². The van der Waals surface area contributed by atoms with Gasteiger partial charge >= 0.3 is 5.97 Å². The van der Waals surface area contributed by atoms with E-state index in [4.69, 9.17) is 10.5 Å². The predicted molar refractivity (Wildman–Crippen MR) is 163 cm³/mol. The Morgan fingerprint density at radius 2 is 1.80 bits per heavy atom. The van der Waals surface area contributed by atoms with Crippen LogP contribution in [0.3, 0.4) is 0 Å². The standard InChI is InChI=1S/C32H36N4O3S/c1-21-11-14-29(23(3)22(21)2)36-19-26(35-20-36)18-34-25-12-13-27(28(17-25)24-9-7-6-8-10-24)30(37)32(33,15-16-40-5)31(38)39-4/h6-14,17,19-20,34H,15-16,18,33H2,1-5H3. The average molecular weight is 557 g/mol. The van der Waals surface area contributed by atoms with E-state index in [1.54, 1.807) is 6.07 Å². The fourth-order valence-corrected chi connectivity index (χ4v) is 5.23. The van der Waals surface area contributed by atoms with Crippen LogP contribution in [0.25, 0.3) is 16.8 Å². The molecular formula is C32H36N4O3S. The minimum absolute atomic E-state index is 0.177. The maximum atomic E-state index is 13.8. The number of carbonyl (C=O) groups is 2. The lowest BCUT2D eigenvalue weighted by Gasteiger charge is -2.26. The van der Waals surface area contributed by atoms with Crippen LogP contribution in [0.15, 0.2) is 73.2 Å². The molecule has 4 aromatic rings. The summed E-state index contributed by atoms with van der Waals surface area (Å²) >= 11 is 1.52. The molecule has 0 saturated heterocycles. The van der Waals surface area contributed by atoms with Crippen molar-refractivity contribution >= 4 is 29.2 Å². The summed E-state index contributed by atoms with van der Waals surface area (Å²) in [5.41, 5.74) is 13.2. The van der Waals surface area contributed by atoms with E-state index in [0.717, 1.165) is 22.6 Å². The van der Waals surface area contributed by atoms with Gasteiger partial charge in [0.05, 0.1) is 25.7 Å². The zero-order valence-electron chi connectivity index (χ0n) is 23.7. The first-order chi connectivity index (χ1) is 19.2. The number of nitrogens with zero attached hydrogens (tertiary/aromatic N) is 2. The van der Waals surface area contributed by atoms with Crippen molar-refractivity contribution in [1.82, 2.24) is 9.55 Å². The Kier molecular flexibility index (Phi) is 9.12. The number of thioether (sulfide) groups is 1. The van der Waals surface area contributed by atoms with Gasteiger partial charge in [-0.3, -0.25) is 4.79 Å². The molecule has 3 N–H and O–H groups in total. The smallest absolute Gasteiger partial charge is 0.334 e. The molecule has 1 unspecified atom stereocenters. The number of ether oxygens (including phenoxy) is 1. The lowest BCUT2D eigenvalue weighted by Crippen LogP contribution is -2.56. The Morgan fingerprint density at radius 1 is 1.05 bits per heavy atom. The third kappa shape index (κ3) is 5.98. The van der Waals surface area contributed by atoms with Gasteiger partial charge in [-0.15, -0.1) is 0 Å². The Hall–Kier alpha value is -3.88. The minimum Gasteiger partial charge on any atom is -0.467 e. The van der Waals surface area contributed by atoms with Crippen molar-refractivity contribution in [3.8, 4) is 16.8 Å². The number of anilines is 1. The molecule has 40 heavy (non-hydrogen) atoms. The van der Waals surface area contributed by atoms with E-state index >= 15 is 0 Å². The zero-order valence-corrected chi connectivity index (χ0v) is 24.5. The number of nitrogens with one attached hydrogen (secondary N) is 1. The first-order valence-corrected chi connectivity index (χ1v) is 14.5. The van der Waals surface area contributed by atoms with Crippen molar-refractivity contribution in [2.75, 3.05) is 24.4 Å². The molecule has 3 aromatic carbocycles. The quantitative estimate of drug-likeness (QED) is 0.135. The monoisotopic (exact) mass is 556 g/mol. The van der Waals surface area contributed by atoms with Gasteiger partial charge in [-0.25, -0.2) is 9.78 Å². The molecule has 1 heterocycles. The lowest BCUT2D eigenvalue weighted by atomic mass is 9.84. The number of methoxy groups -OCH3 is 1. The number of imidazole rings is 1. The fraction of sp³-hybridized carbons (Fsp3) is 0.281. The Labute approximate surface area is 240 Å². The van der Waals surface area contributed by atoms with Gasteiger partial charge in [-0.1, -0.05) is 36.4 Å². The summed E-state index contributed by atoms with van der Waals surface area (Å²) < 4.78 is 6.99. The largest absolute Gasteiger partial charge is 0.467 e. The van der Waals surface area contributed by atoms with Crippen molar-refractivity contribution in [3.63, 3.8) is 0 Å². The summed E-state index contributed by atoms with van der Waals surface area (Å²) in [6.45, 7) is 6.87. The van der Waals surface area contributed by atoms with Crippen LogP contribution < -0.4 is 11.1 Å². The highest BCUT2D eigenvalue weighted by Crippen LogP contribution is 2.31. The van der Waals surface area contributed by atoms with Crippen LogP contribution >= 0.6 is 11.8 Å². The second-order valence-corrected chi connectivity index (χ2v) is 10.9. The predicted octanol–water partition coefficient (Wildman–Crippen LogP) is 5.88. The van der Waals surface area contributed by atoms with E-state index in [1.165, 1.54) is 35.6 Å². The van der Waals surface area contributed by atoms with Gasteiger partial charge in [-0.2, -0.15) is 11.8 Å². The molecule has 7 nitrogen and oxygen atoms in total. The van der Waals surface area contributed by atoms with E-state index in [9.17, 15) is 9.59 Å². The topological polar surface area (TPSA) is 99.2 Å². The number of aromatic nitrogens is 2. The molecule has 1 atom stereocenters. The van der Waals surface area contributed by atoms with Gasteiger partial charge in [0.25, 0.3) is 0 Å². The molecule has 0 bridgehead atoms. The number of esters is 1. The minimum atomic E-state index is -1.77. The van der Waals surface area contributed by atoms with Crippen LogP contribution in [0.2, 0.25) is 0 Å². The number of benzene rings is 3. The maximum absolute atomic E-state index is 13.8. The molecule has 0 radical (unpaired) electrons. The molecule has 208 valence electrons. The highest BCUT2D eigenvalue weighted by atomic mass is 32.2. The lowest BCUT2D eigenvalue weighted by molar-refractivity contribution is -0.145. The van der Waals surface area contributed by atoms with Crippen LogP contribution in [0.4, 0.5) is 5.69 Å². The number of rotatable bonds is 11. The molecule has 0 aliphatic rings. The zero-order chi connectivity index (χ0) is 28.9. The number of hydrogen-bond donors (Lipinski definition) is 2. The molecule has 0 saturated carbocycles. The number of hydrogen-bond acceptors (Lipinski definition) is 7. The van der Waals surface area contributed by atoms with Gasteiger partial charge in [-0.05, 0) is 91.3 Å². The van der Waals surface area contributed by atoms with E-state index in [0.29, 0.717) is 23.4 Å². The summed E-state index contributed by atoms with van der Waals surface area (Å²) in [5.74, 6) is -0.643.